The Hall–Kier alpha value is -3.16. The van der Waals surface area contributed by atoms with E-state index in [1.54, 1.807) is 18.4 Å². The minimum atomic E-state index is -3.50. The number of furan rings is 1. The fourth-order valence-corrected chi connectivity index (χ4v) is 3.95. The highest BCUT2D eigenvalue weighted by molar-refractivity contribution is 7.89. The van der Waals surface area contributed by atoms with E-state index in [4.69, 9.17) is 4.42 Å². The van der Waals surface area contributed by atoms with E-state index in [0.29, 0.717) is 5.69 Å². The van der Waals surface area contributed by atoms with Crippen molar-refractivity contribution in [3.63, 3.8) is 0 Å². The number of anilines is 1. The van der Waals surface area contributed by atoms with Gasteiger partial charge in [-0.15, -0.1) is 0 Å². The summed E-state index contributed by atoms with van der Waals surface area (Å²) in [6.07, 6.45) is 1.76. The molecule has 1 aromatic heterocycles. The lowest BCUT2D eigenvalue weighted by Crippen LogP contribution is -2.18. The van der Waals surface area contributed by atoms with E-state index >= 15 is 0 Å². The number of nitrogens with one attached hydrogen (secondary N) is 2. The van der Waals surface area contributed by atoms with Gasteiger partial charge in [-0.25, -0.2) is 13.1 Å². The van der Waals surface area contributed by atoms with E-state index in [0.717, 1.165) is 27.3 Å². The Labute approximate surface area is 162 Å². The molecule has 142 valence electrons. The van der Waals surface area contributed by atoms with Crippen molar-refractivity contribution in [2.75, 3.05) is 12.4 Å². The largest absolute Gasteiger partial charge is 0.464 e. The lowest BCUT2D eigenvalue weighted by molar-refractivity contribution is -0.115. The summed E-state index contributed by atoms with van der Waals surface area (Å²) < 4.78 is 31.4. The smallest absolute Gasteiger partial charge is 0.240 e. The lowest BCUT2D eigenvalue weighted by atomic mass is 10.0. The Morgan fingerprint density at radius 2 is 1.75 bits per heavy atom. The van der Waals surface area contributed by atoms with Crippen LogP contribution in [0.5, 0.6) is 0 Å². The van der Waals surface area contributed by atoms with Gasteiger partial charge in [0.2, 0.25) is 15.9 Å². The summed E-state index contributed by atoms with van der Waals surface area (Å²) in [7, 11) is -2.15. The first-order chi connectivity index (χ1) is 13.5. The van der Waals surface area contributed by atoms with Crippen molar-refractivity contribution in [3.05, 3.63) is 72.5 Å². The van der Waals surface area contributed by atoms with Crippen molar-refractivity contribution >= 4 is 43.4 Å². The maximum atomic E-state index is 12.5. The molecule has 6 nitrogen and oxygen atoms in total. The van der Waals surface area contributed by atoms with E-state index in [9.17, 15) is 13.2 Å². The fourth-order valence-electron chi connectivity index (χ4n) is 3.22. The van der Waals surface area contributed by atoms with Crippen LogP contribution >= 0.6 is 0 Å². The molecule has 7 heteroatoms. The molecule has 0 aliphatic heterocycles. The Kier molecular flexibility index (Phi) is 4.62. The van der Waals surface area contributed by atoms with E-state index in [1.807, 2.05) is 36.4 Å². The standard InChI is InChI=1S/C21H18N2O4S/c1-22-28(25,26)17-9-7-16(8-10-17)23-20(24)12-15-13-27-19-11-6-14-4-2-3-5-18(14)21(15)19/h2-11,13,22H,12H2,1H3,(H,23,24). The molecule has 0 radical (unpaired) electrons. The van der Waals surface area contributed by atoms with Crippen LogP contribution in [0.15, 0.2) is 76.2 Å². The van der Waals surface area contributed by atoms with Gasteiger partial charge < -0.3 is 9.73 Å². The van der Waals surface area contributed by atoms with Crippen molar-refractivity contribution in [1.29, 1.82) is 0 Å². The molecule has 0 fully saturated rings. The summed E-state index contributed by atoms with van der Waals surface area (Å²) in [4.78, 5) is 12.7. The van der Waals surface area contributed by atoms with Crippen molar-refractivity contribution in [1.82, 2.24) is 4.72 Å². The van der Waals surface area contributed by atoms with Gasteiger partial charge in [0.15, 0.2) is 0 Å². The monoisotopic (exact) mass is 394 g/mol. The molecule has 0 unspecified atom stereocenters. The highest BCUT2D eigenvalue weighted by atomic mass is 32.2. The van der Waals surface area contributed by atoms with Crippen LogP contribution in [-0.2, 0) is 21.2 Å². The molecule has 0 spiro atoms. The van der Waals surface area contributed by atoms with Crippen LogP contribution in [0.1, 0.15) is 5.56 Å². The Morgan fingerprint density at radius 1 is 1.00 bits per heavy atom. The Morgan fingerprint density at radius 3 is 2.50 bits per heavy atom. The average Bonchev–Trinajstić information content (AvgIpc) is 3.11. The summed E-state index contributed by atoms with van der Waals surface area (Å²) >= 11 is 0. The number of benzene rings is 3. The summed E-state index contributed by atoms with van der Waals surface area (Å²) in [6, 6.07) is 17.9. The summed E-state index contributed by atoms with van der Waals surface area (Å²) in [6.45, 7) is 0. The molecule has 2 N–H and O–H groups in total. The lowest BCUT2D eigenvalue weighted by Gasteiger charge is -2.07. The average molecular weight is 394 g/mol. The maximum absolute atomic E-state index is 12.5. The van der Waals surface area contributed by atoms with Gasteiger partial charge in [-0.3, -0.25) is 4.79 Å². The summed E-state index contributed by atoms with van der Waals surface area (Å²) in [5.74, 6) is -0.208. The third kappa shape index (κ3) is 3.37. The predicted octanol–water partition coefficient (Wildman–Crippen LogP) is 3.68. The van der Waals surface area contributed by atoms with Gasteiger partial charge in [-0.2, -0.15) is 0 Å². The topological polar surface area (TPSA) is 88.4 Å². The highest BCUT2D eigenvalue weighted by Crippen LogP contribution is 2.30. The summed E-state index contributed by atoms with van der Waals surface area (Å²) in [5, 5.41) is 5.85. The first kappa shape index (κ1) is 18.2. The quantitative estimate of drug-likeness (QED) is 0.540. The summed E-state index contributed by atoms with van der Waals surface area (Å²) in [5.41, 5.74) is 2.07. The molecule has 4 rings (SSSR count). The van der Waals surface area contributed by atoms with Gasteiger partial charge in [0.1, 0.15) is 5.58 Å². The highest BCUT2D eigenvalue weighted by Gasteiger charge is 2.14. The number of hydrogen-bond donors (Lipinski definition) is 2. The van der Waals surface area contributed by atoms with Crippen molar-refractivity contribution in [2.24, 2.45) is 0 Å². The predicted molar refractivity (Wildman–Crippen MR) is 109 cm³/mol. The zero-order chi connectivity index (χ0) is 19.7. The van der Waals surface area contributed by atoms with Gasteiger partial charge >= 0.3 is 0 Å². The van der Waals surface area contributed by atoms with Gasteiger partial charge in [0.05, 0.1) is 17.6 Å². The Balaban J connectivity index is 1.57. The number of hydrogen-bond acceptors (Lipinski definition) is 4. The Bertz CT molecular complexity index is 1280. The second-order valence-corrected chi connectivity index (χ2v) is 8.26. The molecular weight excluding hydrogens is 376 g/mol. The molecule has 28 heavy (non-hydrogen) atoms. The van der Waals surface area contributed by atoms with E-state index in [1.165, 1.54) is 19.2 Å². The number of sulfonamides is 1. The first-order valence-electron chi connectivity index (χ1n) is 8.69. The second kappa shape index (κ2) is 7.10. The zero-order valence-corrected chi connectivity index (χ0v) is 15.9. The van der Waals surface area contributed by atoms with Crippen LogP contribution in [0.3, 0.4) is 0 Å². The van der Waals surface area contributed by atoms with Gasteiger partial charge in [-0.05, 0) is 48.2 Å². The van der Waals surface area contributed by atoms with Crippen molar-refractivity contribution < 1.29 is 17.6 Å². The minimum Gasteiger partial charge on any atom is -0.464 e. The number of fused-ring (bicyclic) bond motifs is 3. The second-order valence-electron chi connectivity index (χ2n) is 6.38. The molecule has 0 aliphatic rings. The van der Waals surface area contributed by atoms with E-state index in [2.05, 4.69) is 10.0 Å². The molecule has 4 aromatic rings. The third-order valence-corrected chi connectivity index (χ3v) is 6.04. The first-order valence-corrected chi connectivity index (χ1v) is 10.2. The molecule has 1 amide bonds. The molecule has 0 aliphatic carbocycles. The zero-order valence-electron chi connectivity index (χ0n) is 15.1. The number of carbonyl (C=O) groups is 1. The van der Waals surface area contributed by atoms with E-state index in [-0.39, 0.29) is 17.2 Å². The molecule has 0 bridgehead atoms. The van der Waals surface area contributed by atoms with Crippen LogP contribution in [-0.4, -0.2) is 21.4 Å². The SMILES string of the molecule is CNS(=O)(=O)c1ccc(NC(=O)Cc2coc3ccc4ccccc4c23)cc1. The molecule has 0 saturated carbocycles. The van der Waals surface area contributed by atoms with Crippen molar-refractivity contribution in [2.45, 2.75) is 11.3 Å². The van der Waals surface area contributed by atoms with Gasteiger partial charge in [0, 0.05) is 16.6 Å². The third-order valence-electron chi connectivity index (χ3n) is 4.61. The molecule has 0 atom stereocenters. The normalized spacial score (nSPS) is 11.8. The van der Waals surface area contributed by atoms with E-state index < -0.39 is 10.0 Å². The fraction of sp³-hybridized carbons (Fsp3) is 0.0952. The van der Waals surface area contributed by atoms with Gasteiger partial charge in [0.25, 0.3) is 0 Å². The van der Waals surface area contributed by atoms with Crippen LogP contribution in [0.4, 0.5) is 5.69 Å². The maximum Gasteiger partial charge on any atom is 0.240 e. The molecule has 1 heterocycles. The minimum absolute atomic E-state index is 0.139. The number of amides is 1. The number of carbonyl (C=O) groups excluding carboxylic acids is 1. The van der Waals surface area contributed by atoms with Crippen LogP contribution in [0.2, 0.25) is 0 Å². The van der Waals surface area contributed by atoms with Crippen LogP contribution < -0.4 is 10.0 Å². The molecule has 0 saturated heterocycles. The van der Waals surface area contributed by atoms with Crippen LogP contribution in [0, 0.1) is 0 Å². The van der Waals surface area contributed by atoms with Crippen molar-refractivity contribution in [3.8, 4) is 0 Å². The van der Waals surface area contributed by atoms with Crippen LogP contribution in [0.25, 0.3) is 21.7 Å². The molecular formula is C21H18N2O4S. The number of rotatable bonds is 5. The van der Waals surface area contributed by atoms with Gasteiger partial charge in [-0.1, -0.05) is 30.3 Å². The molecule has 3 aromatic carbocycles.